The Morgan fingerprint density at radius 3 is 2.48 bits per heavy atom. The van der Waals surface area contributed by atoms with Crippen LogP contribution in [0.2, 0.25) is 0 Å². The molecule has 0 radical (unpaired) electrons. The van der Waals surface area contributed by atoms with Crippen molar-refractivity contribution in [3.63, 3.8) is 0 Å². The van der Waals surface area contributed by atoms with Gasteiger partial charge < -0.3 is 4.74 Å². The Hall–Kier alpha value is -2.80. The lowest BCUT2D eigenvalue weighted by Crippen LogP contribution is -1.99. The maximum absolute atomic E-state index is 5.80. The number of ether oxygens (including phenoxy) is 1. The zero-order valence-corrected chi connectivity index (χ0v) is 14.5. The largest absolute Gasteiger partial charge is 0.496 e. The van der Waals surface area contributed by atoms with Gasteiger partial charge in [0.2, 0.25) is 0 Å². The number of benzene rings is 3. The third-order valence-electron chi connectivity index (χ3n) is 5.01. The molecule has 3 aromatic carbocycles. The van der Waals surface area contributed by atoms with E-state index in [0.717, 1.165) is 18.6 Å². The lowest BCUT2D eigenvalue weighted by atomic mass is 9.92. The molecule has 0 saturated carbocycles. The maximum Gasteiger partial charge on any atom is 0.129 e. The van der Waals surface area contributed by atoms with Gasteiger partial charge in [-0.25, -0.2) is 0 Å². The summed E-state index contributed by atoms with van der Waals surface area (Å²) in [6, 6.07) is 25.6. The molecule has 1 heteroatoms. The van der Waals surface area contributed by atoms with Crippen molar-refractivity contribution in [2.45, 2.75) is 18.8 Å². The van der Waals surface area contributed by atoms with Crippen molar-refractivity contribution in [2.24, 2.45) is 0 Å². The van der Waals surface area contributed by atoms with Gasteiger partial charge in [0.15, 0.2) is 0 Å². The fourth-order valence-corrected chi connectivity index (χ4v) is 3.75. The second-order valence-corrected chi connectivity index (χ2v) is 6.50. The molecule has 1 nitrogen and oxygen atoms in total. The molecule has 124 valence electrons. The van der Waals surface area contributed by atoms with E-state index in [4.69, 9.17) is 4.74 Å². The van der Waals surface area contributed by atoms with Gasteiger partial charge in [-0.2, -0.15) is 0 Å². The van der Waals surface area contributed by atoms with Crippen LogP contribution < -0.4 is 4.74 Å². The van der Waals surface area contributed by atoms with Gasteiger partial charge in [-0.3, -0.25) is 0 Å². The number of para-hydroxylation sites is 1. The van der Waals surface area contributed by atoms with E-state index >= 15 is 0 Å². The van der Waals surface area contributed by atoms with E-state index in [9.17, 15) is 0 Å². The Bertz CT molecular complexity index is 893. The van der Waals surface area contributed by atoms with Crippen LogP contribution in [0.1, 0.15) is 29.0 Å². The monoisotopic (exact) mass is 326 g/mol. The molecular weight excluding hydrogens is 304 g/mol. The smallest absolute Gasteiger partial charge is 0.129 e. The summed E-state index contributed by atoms with van der Waals surface area (Å²) in [7, 11) is 1.77. The van der Waals surface area contributed by atoms with Gasteiger partial charge >= 0.3 is 0 Å². The zero-order valence-electron chi connectivity index (χ0n) is 14.5. The van der Waals surface area contributed by atoms with E-state index in [2.05, 4.69) is 78.9 Å². The lowest BCUT2D eigenvalue weighted by Gasteiger charge is -2.16. The minimum Gasteiger partial charge on any atom is -0.496 e. The molecule has 1 atom stereocenters. The van der Waals surface area contributed by atoms with Crippen molar-refractivity contribution in [1.82, 2.24) is 0 Å². The first-order valence-corrected chi connectivity index (χ1v) is 8.85. The van der Waals surface area contributed by atoms with Crippen LogP contribution in [0.5, 0.6) is 5.75 Å². The van der Waals surface area contributed by atoms with Gasteiger partial charge in [0, 0.05) is 11.5 Å². The molecule has 0 N–H and O–H groups in total. The summed E-state index contributed by atoms with van der Waals surface area (Å²) >= 11 is 0. The van der Waals surface area contributed by atoms with E-state index in [1.807, 2.05) is 6.07 Å². The first-order chi connectivity index (χ1) is 12.4. The van der Waals surface area contributed by atoms with Crippen LogP contribution in [0.15, 0.2) is 78.9 Å². The summed E-state index contributed by atoms with van der Waals surface area (Å²) in [6.45, 7) is 0. The van der Waals surface area contributed by atoms with Crippen molar-refractivity contribution in [2.75, 3.05) is 7.11 Å². The lowest BCUT2D eigenvalue weighted by molar-refractivity contribution is 0.410. The fraction of sp³-hybridized carbons (Fsp3) is 0.167. The van der Waals surface area contributed by atoms with Gasteiger partial charge in [-0.05, 0) is 35.1 Å². The molecule has 1 aliphatic rings. The molecule has 0 heterocycles. The van der Waals surface area contributed by atoms with Gasteiger partial charge in [0.1, 0.15) is 5.75 Å². The van der Waals surface area contributed by atoms with Crippen LogP contribution in [0.25, 0.3) is 17.2 Å². The average molecular weight is 326 g/mol. The van der Waals surface area contributed by atoms with Crippen LogP contribution in [-0.4, -0.2) is 7.11 Å². The van der Waals surface area contributed by atoms with E-state index in [1.54, 1.807) is 7.11 Å². The van der Waals surface area contributed by atoms with E-state index in [0.29, 0.717) is 5.92 Å². The van der Waals surface area contributed by atoms with Gasteiger partial charge in [0.05, 0.1) is 7.11 Å². The van der Waals surface area contributed by atoms with Crippen molar-refractivity contribution in [3.05, 3.63) is 95.6 Å². The average Bonchev–Trinajstić information content (AvgIpc) is 3.10. The Labute approximate surface area is 149 Å². The van der Waals surface area contributed by atoms with Crippen molar-refractivity contribution in [1.29, 1.82) is 0 Å². The highest BCUT2D eigenvalue weighted by Crippen LogP contribution is 2.37. The Morgan fingerprint density at radius 2 is 1.64 bits per heavy atom. The molecular formula is C24H22O. The highest BCUT2D eigenvalue weighted by atomic mass is 16.5. The Kier molecular flexibility index (Phi) is 4.39. The predicted octanol–water partition coefficient (Wildman–Crippen LogP) is 6.11. The number of methoxy groups -OCH3 is 1. The van der Waals surface area contributed by atoms with Crippen molar-refractivity contribution < 1.29 is 4.74 Å². The summed E-state index contributed by atoms with van der Waals surface area (Å²) in [4.78, 5) is 0. The van der Waals surface area contributed by atoms with Crippen LogP contribution in [0.3, 0.4) is 0 Å². The molecule has 0 aliphatic heterocycles. The molecule has 4 rings (SSSR count). The molecule has 0 aromatic heterocycles. The highest BCUT2D eigenvalue weighted by Gasteiger charge is 2.18. The summed E-state index contributed by atoms with van der Waals surface area (Å²) in [5, 5.41) is 0. The maximum atomic E-state index is 5.80. The summed E-state index contributed by atoms with van der Waals surface area (Å²) < 4.78 is 5.80. The molecule has 1 unspecified atom stereocenters. The molecule has 3 aromatic rings. The quantitative estimate of drug-likeness (QED) is 0.550. The normalized spacial score (nSPS) is 15.2. The topological polar surface area (TPSA) is 9.23 Å². The molecule has 0 bridgehead atoms. The highest BCUT2D eigenvalue weighted by molar-refractivity contribution is 5.72. The predicted molar refractivity (Wildman–Crippen MR) is 105 cm³/mol. The van der Waals surface area contributed by atoms with Gasteiger partial charge in [0.25, 0.3) is 0 Å². The minimum atomic E-state index is 0.501. The fourth-order valence-electron chi connectivity index (χ4n) is 3.75. The molecule has 25 heavy (non-hydrogen) atoms. The SMILES string of the molecule is COc1c(CCC2C=Cc3ccccc32)cccc1-c1ccccc1. The summed E-state index contributed by atoms with van der Waals surface area (Å²) in [6.07, 6.45) is 6.69. The van der Waals surface area contributed by atoms with Crippen LogP contribution in [0.4, 0.5) is 0 Å². The standard InChI is InChI=1S/C24H22O/c1-25-24-21(11-7-13-23(24)18-8-3-2-4-9-18)17-16-20-15-14-19-10-5-6-12-22(19)20/h2-15,20H,16-17H2,1H3. The van der Waals surface area contributed by atoms with Gasteiger partial charge in [-0.1, -0.05) is 84.9 Å². The number of aryl methyl sites for hydroxylation is 1. The number of fused-ring (bicyclic) bond motifs is 1. The number of hydrogen-bond acceptors (Lipinski definition) is 1. The molecule has 1 aliphatic carbocycles. The molecule has 0 fully saturated rings. The zero-order chi connectivity index (χ0) is 17.1. The second kappa shape index (κ2) is 6.98. The van der Waals surface area contributed by atoms with E-state index in [1.165, 1.54) is 27.8 Å². The Balaban J connectivity index is 1.59. The molecule has 0 amide bonds. The summed E-state index contributed by atoms with van der Waals surface area (Å²) in [5.74, 6) is 1.50. The third kappa shape index (κ3) is 3.10. The first kappa shape index (κ1) is 15.7. The number of hydrogen-bond donors (Lipinski definition) is 0. The Morgan fingerprint density at radius 1 is 0.840 bits per heavy atom. The summed E-state index contributed by atoms with van der Waals surface area (Å²) in [5.41, 5.74) is 6.45. The van der Waals surface area contributed by atoms with Crippen LogP contribution in [-0.2, 0) is 6.42 Å². The third-order valence-corrected chi connectivity index (χ3v) is 5.01. The van der Waals surface area contributed by atoms with Crippen LogP contribution >= 0.6 is 0 Å². The number of rotatable bonds is 5. The van der Waals surface area contributed by atoms with E-state index < -0.39 is 0 Å². The van der Waals surface area contributed by atoms with Crippen LogP contribution in [0, 0.1) is 0 Å². The first-order valence-electron chi connectivity index (χ1n) is 8.85. The molecule has 0 spiro atoms. The van der Waals surface area contributed by atoms with Crippen molar-refractivity contribution in [3.8, 4) is 16.9 Å². The van der Waals surface area contributed by atoms with Crippen molar-refractivity contribution >= 4 is 6.08 Å². The second-order valence-electron chi connectivity index (χ2n) is 6.50. The minimum absolute atomic E-state index is 0.501. The van der Waals surface area contributed by atoms with E-state index in [-0.39, 0.29) is 0 Å². The number of allylic oxidation sites excluding steroid dienone is 1. The molecule has 0 saturated heterocycles. The van der Waals surface area contributed by atoms with Gasteiger partial charge in [-0.15, -0.1) is 0 Å².